The molecular weight excluding hydrogens is 188 g/mol. The lowest BCUT2D eigenvalue weighted by Gasteiger charge is -2.37. The summed E-state index contributed by atoms with van der Waals surface area (Å²) in [5.74, 6) is 0.594. The molecule has 3 atom stereocenters. The average molecular weight is 208 g/mol. The first-order valence-corrected chi connectivity index (χ1v) is 5.75. The molecule has 0 unspecified atom stereocenters. The molecule has 0 aromatic heterocycles. The monoisotopic (exact) mass is 208 g/mol. The number of carbonyl (C=O) groups is 1. The maximum absolute atomic E-state index is 11.2. The molecule has 2 fully saturated rings. The molecule has 0 aromatic carbocycles. The molecule has 2 bridgehead atoms. The number of ketones is 1. The van der Waals surface area contributed by atoms with Gasteiger partial charge in [0.05, 0.1) is 12.2 Å². The molecule has 15 heavy (non-hydrogen) atoms. The van der Waals surface area contributed by atoms with Crippen LogP contribution in [0.3, 0.4) is 0 Å². The smallest absolute Gasteiger partial charge is 0.132 e. The Balaban J connectivity index is 2.24. The third-order valence-electron chi connectivity index (χ3n) is 4.00. The highest BCUT2D eigenvalue weighted by molar-refractivity contribution is 5.76. The average Bonchev–Trinajstić information content (AvgIpc) is 2.25. The minimum absolute atomic E-state index is 0.0810. The molecule has 1 saturated carbocycles. The van der Waals surface area contributed by atoms with E-state index in [9.17, 15) is 4.79 Å². The predicted octanol–water partition coefficient (Wildman–Crippen LogP) is 2.73. The number of ether oxygens (including phenoxy) is 1. The van der Waals surface area contributed by atoms with Crippen LogP contribution in [0.1, 0.15) is 40.0 Å². The standard InChI is InChI=1S/C13H20O2/c1-8-5-6-11-13(3,4)12(8)10(15-11)7-9(2)14/h10-12H,1,5-7H2,2-4H3/t10-,11-,12-/m0/s1. The van der Waals surface area contributed by atoms with Crippen LogP contribution in [0, 0.1) is 11.3 Å². The second-order valence-electron chi connectivity index (χ2n) is 5.57. The second kappa shape index (κ2) is 3.44. The number of Topliss-reactive ketones (excluding diaryl/α,β-unsaturated/α-hetero) is 1. The van der Waals surface area contributed by atoms with Gasteiger partial charge in [0.1, 0.15) is 5.78 Å². The Morgan fingerprint density at radius 2 is 2.27 bits per heavy atom. The van der Waals surface area contributed by atoms with E-state index in [1.165, 1.54) is 5.57 Å². The van der Waals surface area contributed by atoms with Crippen molar-refractivity contribution >= 4 is 5.78 Å². The van der Waals surface area contributed by atoms with Crippen LogP contribution in [0.5, 0.6) is 0 Å². The first-order chi connectivity index (χ1) is 6.93. The highest BCUT2D eigenvalue weighted by atomic mass is 16.5. The Kier molecular flexibility index (Phi) is 2.50. The van der Waals surface area contributed by atoms with E-state index < -0.39 is 0 Å². The van der Waals surface area contributed by atoms with E-state index >= 15 is 0 Å². The van der Waals surface area contributed by atoms with E-state index in [1.54, 1.807) is 6.92 Å². The van der Waals surface area contributed by atoms with E-state index in [2.05, 4.69) is 20.4 Å². The van der Waals surface area contributed by atoms with Crippen molar-refractivity contribution in [3.63, 3.8) is 0 Å². The van der Waals surface area contributed by atoms with Gasteiger partial charge in [0.25, 0.3) is 0 Å². The van der Waals surface area contributed by atoms with Crippen molar-refractivity contribution in [3.05, 3.63) is 12.2 Å². The Morgan fingerprint density at radius 3 is 2.87 bits per heavy atom. The predicted molar refractivity (Wildman–Crippen MR) is 59.6 cm³/mol. The number of hydrogen-bond donors (Lipinski definition) is 0. The van der Waals surface area contributed by atoms with Crippen molar-refractivity contribution in [1.82, 2.24) is 0 Å². The summed E-state index contributed by atoms with van der Waals surface area (Å²) in [6, 6.07) is 0. The van der Waals surface area contributed by atoms with Gasteiger partial charge in [-0.3, -0.25) is 4.79 Å². The van der Waals surface area contributed by atoms with E-state index in [4.69, 9.17) is 4.74 Å². The van der Waals surface area contributed by atoms with Gasteiger partial charge in [0.15, 0.2) is 0 Å². The SMILES string of the molecule is C=C1CC[C@@H]2O[C@@H](CC(C)=O)[C@H]1C2(C)C. The molecular formula is C13H20O2. The molecule has 2 nitrogen and oxygen atoms in total. The van der Waals surface area contributed by atoms with Gasteiger partial charge in [-0.25, -0.2) is 0 Å². The maximum atomic E-state index is 11.2. The van der Waals surface area contributed by atoms with E-state index in [0.29, 0.717) is 18.4 Å². The number of rotatable bonds is 2. The van der Waals surface area contributed by atoms with Crippen molar-refractivity contribution in [2.75, 3.05) is 0 Å². The van der Waals surface area contributed by atoms with Crippen molar-refractivity contribution in [2.45, 2.75) is 52.2 Å². The van der Waals surface area contributed by atoms with E-state index in [-0.39, 0.29) is 17.3 Å². The van der Waals surface area contributed by atoms with Crippen LogP contribution >= 0.6 is 0 Å². The van der Waals surface area contributed by atoms with Gasteiger partial charge in [-0.05, 0) is 25.2 Å². The lowest BCUT2D eigenvalue weighted by molar-refractivity contribution is -0.119. The van der Waals surface area contributed by atoms with Gasteiger partial charge in [0, 0.05) is 12.3 Å². The highest BCUT2D eigenvalue weighted by Gasteiger charge is 2.53. The van der Waals surface area contributed by atoms with Crippen LogP contribution in [0.25, 0.3) is 0 Å². The first-order valence-electron chi connectivity index (χ1n) is 5.75. The number of hydrogen-bond acceptors (Lipinski definition) is 2. The van der Waals surface area contributed by atoms with Crippen LogP contribution in [0.15, 0.2) is 12.2 Å². The normalized spacial score (nSPS) is 38.1. The van der Waals surface area contributed by atoms with Crippen LogP contribution in [-0.2, 0) is 9.53 Å². The summed E-state index contributed by atoms with van der Waals surface area (Å²) in [4.78, 5) is 11.2. The van der Waals surface area contributed by atoms with Gasteiger partial charge < -0.3 is 4.74 Å². The lowest BCUT2D eigenvalue weighted by Crippen LogP contribution is -2.36. The summed E-state index contributed by atoms with van der Waals surface area (Å²) in [5, 5.41) is 0. The minimum Gasteiger partial charge on any atom is -0.373 e. The third-order valence-corrected chi connectivity index (χ3v) is 4.00. The van der Waals surface area contributed by atoms with Crippen molar-refractivity contribution in [3.8, 4) is 0 Å². The lowest BCUT2D eigenvalue weighted by atomic mass is 9.65. The maximum Gasteiger partial charge on any atom is 0.132 e. The van der Waals surface area contributed by atoms with Gasteiger partial charge >= 0.3 is 0 Å². The number of carbonyl (C=O) groups excluding carboxylic acids is 1. The Labute approximate surface area is 91.7 Å². The van der Waals surface area contributed by atoms with Crippen LogP contribution in [0.4, 0.5) is 0 Å². The fourth-order valence-electron chi connectivity index (χ4n) is 3.29. The zero-order valence-electron chi connectivity index (χ0n) is 9.88. The minimum atomic E-state index is 0.0810. The molecule has 2 heteroatoms. The van der Waals surface area contributed by atoms with Gasteiger partial charge in [0.2, 0.25) is 0 Å². The third kappa shape index (κ3) is 1.65. The summed E-state index contributed by atoms with van der Waals surface area (Å²) < 4.78 is 6.00. The summed E-state index contributed by atoms with van der Waals surface area (Å²) >= 11 is 0. The molecule has 0 amide bonds. The molecule has 0 N–H and O–H groups in total. The molecule has 2 rings (SSSR count). The Hall–Kier alpha value is -0.630. The van der Waals surface area contributed by atoms with Gasteiger partial charge in [-0.1, -0.05) is 26.0 Å². The molecule has 84 valence electrons. The molecule has 0 spiro atoms. The fourth-order valence-corrected chi connectivity index (χ4v) is 3.29. The van der Waals surface area contributed by atoms with Crippen molar-refractivity contribution in [2.24, 2.45) is 11.3 Å². The zero-order chi connectivity index (χ0) is 11.2. The van der Waals surface area contributed by atoms with Crippen LogP contribution in [0.2, 0.25) is 0 Å². The Morgan fingerprint density at radius 1 is 1.60 bits per heavy atom. The molecule has 0 radical (unpaired) electrons. The van der Waals surface area contributed by atoms with Crippen LogP contribution < -0.4 is 0 Å². The largest absolute Gasteiger partial charge is 0.373 e. The van der Waals surface area contributed by atoms with Gasteiger partial charge in [-0.15, -0.1) is 0 Å². The summed E-state index contributed by atoms with van der Waals surface area (Å²) in [7, 11) is 0. The van der Waals surface area contributed by atoms with E-state index in [1.807, 2.05) is 0 Å². The number of fused-ring (bicyclic) bond motifs is 2. The quantitative estimate of drug-likeness (QED) is 0.652. The summed E-state index contributed by atoms with van der Waals surface area (Å²) in [6.45, 7) is 10.3. The Bertz CT molecular complexity index is 304. The summed E-state index contributed by atoms with van der Waals surface area (Å²) in [6.07, 6.45) is 3.07. The fraction of sp³-hybridized carbons (Fsp3) is 0.769. The first kappa shape index (κ1) is 10.9. The molecule has 2 aliphatic rings. The van der Waals surface area contributed by atoms with Gasteiger partial charge in [-0.2, -0.15) is 0 Å². The topological polar surface area (TPSA) is 26.3 Å². The van der Waals surface area contributed by atoms with E-state index in [0.717, 1.165) is 12.8 Å². The van der Waals surface area contributed by atoms with Crippen LogP contribution in [-0.4, -0.2) is 18.0 Å². The molecule has 1 heterocycles. The second-order valence-corrected chi connectivity index (χ2v) is 5.57. The molecule has 1 aliphatic carbocycles. The zero-order valence-corrected chi connectivity index (χ0v) is 9.88. The highest BCUT2D eigenvalue weighted by Crippen LogP contribution is 2.53. The van der Waals surface area contributed by atoms with Crippen molar-refractivity contribution < 1.29 is 9.53 Å². The summed E-state index contributed by atoms with van der Waals surface area (Å²) in [5.41, 5.74) is 1.44. The van der Waals surface area contributed by atoms with Crippen molar-refractivity contribution in [1.29, 1.82) is 0 Å². The molecule has 1 saturated heterocycles. The molecule has 0 aromatic rings. The molecule has 1 aliphatic heterocycles.